The summed E-state index contributed by atoms with van der Waals surface area (Å²) < 4.78 is 6.88. The van der Waals surface area contributed by atoms with Gasteiger partial charge < -0.3 is 9.13 Å². The molecule has 0 saturated heterocycles. The third-order valence-electron chi connectivity index (χ3n) is 11.1. The summed E-state index contributed by atoms with van der Waals surface area (Å²) in [6.45, 7) is 0. The van der Waals surface area contributed by atoms with Crippen molar-refractivity contribution < 1.29 is 0 Å². The highest BCUT2D eigenvalue weighted by molar-refractivity contribution is 6.20. The molecule has 0 fully saturated rings. The molecule has 0 atom stereocenters. The molecule has 7 heteroatoms. The lowest BCUT2D eigenvalue weighted by Gasteiger charge is -2.11. The second kappa shape index (κ2) is 13.7. The lowest BCUT2D eigenvalue weighted by molar-refractivity contribution is 1.17. The van der Waals surface area contributed by atoms with Crippen molar-refractivity contribution >= 4 is 83.2 Å². The molecular weight excluding hydrogens is 711 g/mol. The second-order valence-electron chi connectivity index (χ2n) is 14.4. The van der Waals surface area contributed by atoms with Crippen LogP contribution in [0, 0.1) is 0 Å². The van der Waals surface area contributed by atoms with Gasteiger partial charge in [-0.2, -0.15) is 0 Å². The van der Waals surface area contributed by atoms with E-state index in [0.29, 0.717) is 5.96 Å². The first-order valence-corrected chi connectivity index (χ1v) is 19.3. The third kappa shape index (κ3) is 5.36. The monoisotopic (exact) mass is 745 g/mol. The topological polar surface area (TPSA) is 65.3 Å². The van der Waals surface area contributed by atoms with Crippen LogP contribution >= 0.6 is 0 Å². The zero-order valence-corrected chi connectivity index (χ0v) is 31.6. The van der Waals surface area contributed by atoms with Crippen molar-refractivity contribution in [1.29, 1.82) is 0 Å². The quantitative estimate of drug-likeness (QED) is 0.130. The molecule has 0 aliphatic heterocycles. The highest BCUT2D eigenvalue weighted by Crippen LogP contribution is 2.38. The van der Waals surface area contributed by atoms with Gasteiger partial charge >= 0.3 is 0 Å². The van der Waals surface area contributed by atoms with Gasteiger partial charge in [-0.25, -0.2) is 4.99 Å². The van der Waals surface area contributed by atoms with E-state index in [-0.39, 0.29) is 0 Å². The summed E-state index contributed by atoms with van der Waals surface area (Å²) in [7, 11) is 1.82. The Morgan fingerprint density at radius 2 is 0.983 bits per heavy atom. The number of aromatic nitrogens is 5. The minimum absolute atomic E-state index is 0.586. The average molecular weight is 746 g/mol. The number of pyridine rings is 2. The van der Waals surface area contributed by atoms with Crippen LogP contribution in [0.4, 0.5) is 0 Å². The first kappa shape index (κ1) is 33.4. The Kier molecular flexibility index (Phi) is 7.89. The molecule has 11 rings (SSSR count). The Balaban J connectivity index is 1.18. The van der Waals surface area contributed by atoms with E-state index in [2.05, 4.69) is 157 Å². The molecular formula is C51H35N7. The zero-order chi connectivity index (χ0) is 38.6. The van der Waals surface area contributed by atoms with Gasteiger partial charge in [0.2, 0.25) is 5.96 Å². The highest BCUT2D eigenvalue weighted by atomic mass is 15.2. The Morgan fingerprint density at radius 3 is 1.53 bits per heavy atom. The van der Waals surface area contributed by atoms with Crippen LogP contribution in [0.25, 0.3) is 82.9 Å². The molecule has 0 aliphatic rings. The molecule has 0 N–H and O–H groups in total. The number of allylic oxidation sites excluding steroid dienone is 1. The van der Waals surface area contributed by atoms with Gasteiger partial charge in [0.15, 0.2) is 0 Å². The molecule has 58 heavy (non-hydrogen) atoms. The fourth-order valence-electron chi connectivity index (χ4n) is 8.53. The lowest BCUT2D eigenvalue weighted by Crippen LogP contribution is -2.12. The van der Waals surface area contributed by atoms with E-state index in [1.165, 1.54) is 10.8 Å². The fourth-order valence-corrected chi connectivity index (χ4v) is 8.53. The molecule has 7 nitrogen and oxygen atoms in total. The van der Waals surface area contributed by atoms with E-state index >= 15 is 0 Å². The number of hydrogen-bond acceptors (Lipinski definition) is 3. The number of benzene rings is 6. The predicted octanol–water partition coefficient (Wildman–Crippen LogP) is 11.8. The van der Waals surface area contributed by atoms with Crippen molar-refractivity contribution in [2.24, 2.45) is 9.98 Å². The molecule has 0 amide bonds. The predicted molar refractivity (Wildman–Crippen MR) is 241 cm³/mol. The molecule has 274 valence electrons. The van der Waals surface area contributed by atoms with Crippen LogP contribution in [0.1, 0.15) is 11.1 Å². The van der Waals surface area contributed by atoms with Crippen molar-refractivity contribution in [3.63, 3.8) is 0 Å². The van der Waals surface area contributed by atoms with Crippen LogP contribution in [0.3, 0.4) is 0 Å². The molecule has 0 unspecified atom stereocenters. The highest BCUT2D eigenvalue weighted by Gasteiger charge is 2.20. The third-order valence-corrected chi connectivity index (χ3v) is 11.1. The first-order valence-electron chi connectivity index (χ1n) is 19.3. The summed E-state index contributed by atoms with van der Waals surface area (Å²) in [4.78, 5) is 19.2. The van der Waals surface area contributed by atoms with Gasteiger partial charge in [-0.05, 0) is 72.3 Å². The average Bonchev–Trinajstić information content (AvgIpc) is 3.92. The normalized spacial score (nSPS) is 12.7. The molecule has 6 aromatic carbocycles. The zero-order valence-electron chi connectivity index (χ0n) is 31.6. The summed E-state index contributed by atoms with van der Waals surface area (Å²) in [5, 5.41) is 6.76. The summed E-state index contributed by atoms with van der Waals surface area (Å²) >= 11 is 0. The molecule has 5 aromatic heterocycles. The van der Waals surface area contributed by atoms with Gasteiger partial charge in [0.25, 0.3) is 0 Å². The molecule has 11 aromatic rings. The Labute approximate surface area is 333 Å². The molecule has 0 spiro atoms. The number of aliphatic imine (C=N–C) groups is 2. The number of rotatable bonds is 5. The van der Waals surface area contributed by atoms with E-state index in [1.807, 2.05) is 68.2 Å². The van der Waals surface area contributed by atoms with Gasteiger partial charge in [-0.1, -0.05) is 103 Å². The summed E-state index contributed by atoms with van der Waals surface area (Å²) in [5.74, 6) is 0.586. The Morgan fingerprint density at radius 1 is 0.483 bits per heavy atom. The van der Waals surface area contributed by atoms with Crippen molar-refractivity contribution in [2.75, 3.05) is 7.05 Å². The maximum Gasteiger partial charge on any atom is 0.230 e. The maximum atomic E-state index is 5.35. The lowest BCUT2D eigenvalue weighted by atomic mass is 10.1. The number of nitrogens with zero attached hydrogens (tertiary/aromatic N) is 7. The van der Waals surface area contributed by atoms with Crippen LogP contribution in [0.5, 0.6) is 0 Å². The van der Waals surface area contributed by atoms with E-state index in [9.17, 15) is 0 Å². The van der Waals surface area contributed by atoms with E-state index in [4.69, 9.17) is 9.98 Å². The van der Waals surface area contributed by atoms with Crippen LogP contribution in [0.2, 0.25) is 0 Å². The molecule has 0 aliphatic carbocycles. The van der Waals surface area contributed by atoms with Gasteiger partial charge in [0.05, 0.1) is 38.8 Å². The SMILES string of the molecule is CN=C(/N=C(\C=C\c1ccccc1)c1ccccc1)n1c2ccc(-n3c4ccccc4c4cnccc43)cc2c2cc(-n3c4ccccc4c4cnccc43)ccc21. The van der Waals surface area contributed by atoms with Gasteiger partial charge in [-0.3, -0.25) is 19.5 Å². The van der Waals surface area contributed by atoms with Crippen LogP contribution in [-0.4, -0.2) is 42.4 Å². The van der Waals surface area contributed by atoms with Crippen LogP contribution in [-0.2, 0) is 0 Å². The minimum Gasteiger partial charge on any atom is -0.309 e. The fraction of sp³-hybridized carbons (Fsp3) is 0.0196. The molecule has 0 saturated carbocycles. The maximum absolute atomic E-state index is 5.35. The molecule has 0 radical (unpaired) electrons. The van der Waals surface area contributed by atoms with Crippen molar-refractivity contribution in [2.45, 2.75) is 0 Å². The Hall–Kier alpha value is -7.90. The molecule has 0 bridgehead atoms. The van der Waals surface area contributed by atoms with Gasteiger partial charge in [0, 0.05) is 81.1 Å². The van der Waals surface area contributed by atoms with E-state index in [0.717, 1.165) is 82.9 Å². The van der Waals surface area contributed by atoms with Crippen molar-refractivity contribution in [1.82, 2.24) is 23.7 Å². The van der Waals surface area contributed by atoms with Gasteiger partial charge in [0.1, 0.15) is 0 Å². The standard InChI is InChI=1S/C51H35N7/c1-52-51(55-44(35-14-6-3-7-15-35)23-20-34-12-4-2-5-13-34)58-47-24-21-36(56-45-18-10-8-16-38(45)42-32-53-28-26-49(42)56)30-40(47)41-31-37(22-25-48(41)58)57-46-19-11-9-17-39(46)43-33-54-29-27-50(43)57/h2-33H,1H3/b23-20+,52-51?,55-44+. The van der Waals surface area contributed by atoms with Crippen LogP contribution < -0.4 is 0 Å². The number of fused-ring (bicyclic) bond motifs is 9. The minimum atomic E-state index is 0.586. The smallest absolute Gasteiger partial charge is 0.230 e. The summed E-state index contributed by atoms with van der Waals surface area (Å²) in [5.41, 5.74) is 11.5. The Bertz CT molecular complexity index is 3180. The van der Waals surface area contributed by atoms with Crippen molar-refractivity contribution in [3.8, 4) is 11.4 Å². The van der Waals surface area contributed by atoms with E-state index in [1.54, 1.807) is 0 Å². The number of hydrogen-bond donors (Lipinski definition) is 0. The summed E-state index contributed by atoms with van der Waals surface area (Å²) in [6.07, 6.45) is 11.8. The van der Waals surface area contributed by atoms with Gasteiger partial charge in [-0.15, -0.1) is 0 Å². The van der Waals surface area contributed by atoms with E-state index < -0.39 is 0 Å². The molecule has 5 heterocycles. The second-order valence-corrected chi connectivity index (χ2v) is 14.4. The summed E-state index contributed by atoms with van der Waals surface area (Å²) in [6, 6.07) is 55.3. The largest absolute Gasteiger partial charge is 0.309 e. The van der Waals surface area contributed by atoms with Crippen molar-refractivity contribution in [3.05, 3.63) is 200 Å². The number of para-hydroxylation sites is 2. The first-order chi connectivity index (χ1) is 28.7. The van der Waals surface area contributed by atoms with Crippen LogP contribution in [0.15, 0.2) is 199 Å².